The molecule has 1 aromatic carbocycles. The highest BCUT2D eigenvalue weighted by Gasteiger charge is 2.23. The van der Waals surface area contributed by atoms with Gasteiger partial charge in [-0.15, -0.1) is 0 Å². The van der Waals surface area contributed by atoms with Crippen LogP contribution in [0.5, 0.6) is 0 Å². The molecule has 1 aromatic heterocycles. The molecule has 0 amide bonds. The summed E-state index contributed by atoms with van der Waals surface area (Å²) >= 11 is 7.35. The number of nitrogens with zero attached hydrogens (tertiary/aromatic N) is 2. The molecule has 0 radical (unpaired) electrons. The molecule has 0 aliphatic rings. The topological polar surface area (TPSA) is 29.9 Å². The molecule has 2 rings (SSSR count). The molecule has 114 valence electrons. The van der Waals surface area contributed by atoms with Crippen LogP contribution in [-0.4, -0.2) is 16.3 Å². The van der Waals surface area contributed by atoms with Crippen LogP contribution in [0.3, 0.4) is 0 Å². The Hall–Kier alpha value is -0.650. The summed E-state index contributed by atoms with van der Waals surface area (Å²) in [4.78, 5) is 0. The Bertz CT molecular complexity index is 608. The van der Waals surface area contributed by atoms with Gasteiger partial charge in [-0.05, 0) is 54.4 Å². The highest BCUT2D eigenvalue weighted by Crippen LogP contribution is 2.33. The second kappa shape index (κ2) is 7.56. The third kappa shape index (κ3) is 3.76. The third-order valence-electron chi connectivity index (χ3n) is 3.47. The Morgan fingerprint density at radius 2 is 2.00 bits per heavy atom. The molecule has 1 N–H and O–H groups in total. The van der Waals surface area contributed by atoms with Crippen molar-refractivity contribution in [3.8, 4) is 0 Å². The SMILES string of the molecule is CCCNC(c1cc(C)ccc1Br)c1c(Br)cnn1CC. The van der Waals surface area contributed by atoms with Crippen molar-refractivity contribution in [2.45, 2.75) is 39.8 Å². The van der Waals surface area contributed by atoms with Gasteiger partial charge >= 0.3 is 0 Å². The minimum absolute atomic E-state index is 0.121. The number of aromatic nitrogens is 2. The van der Waals surface area contributed by atoms with Crippen LogP contribution in [0.15, 0.2) is 33.3 Å². The first-order valence-corrected chi connectivity index (χ1v) is 8.87. The molecule has 1 atom stereocenters. The lowest BCUT2D eigenvalue weighted by Gasteiger charge is -2.22. The molecule has 2 aromatic rings. The summed E-state index contributed by atoms with van der Waals surface area (Å²) in [5.41, 5.74) is 3.69. The minimum atomic E-state index is 0.121. The van der Waals surface area contributed by atoms with Gasteiger partial charge in [0.15, 0.2) is 0 Å². The summed E-state index contributed by atoms with van der Waals surface area (Å²) in [7, 11) is 0. The van der Waals surface area contributed by atoms with Crippen LogP contribution < -0.4 is 5.32 Å². The van der Waals surface area contributed by atoms with Gasteiger partial charge in [-0.2, -0.15) is 5.10 Å². The zero-order chi connectivity index (χ0) is 15.4. The lowest BCUT2D eigenvalue weighted by molar-refractivity contribution is 0.527. The molecule has 0 spiro atoms. The Morgan fingerprint density at radius 1 is 1.24 bits per heavy atom. The molecular formula is C16H21Br2N3. The largest absolute Gasteiger partial charge is 0.305 e. The lowest BCUT2D eigenvalue weighted by atomic mass is 10.0. The first kappa shape index (κ1) is 16.7. The van der Waals surface area contributed by atoms with Gasteiger partial charge in [0, 0.05) is 11.0 Å². The summed E-state index contributed by atoms with van der Waals surface area (Å²) in [6.07, 6.45) is 2.97. The van der Waals surface area contributed by atoms with E-state index in [1.165, 1.54) is 16.8 Å². The second-order valence-electron chi connectivity index (χ2n) is 5.11. The molecule has 21 heavy (non-hydrogen) atoms. The lowest BCUT2D eigenvalue weighted by Crippen LogP contribution is -2.26. The Labute approximate surface area is 143 Å². The number of hydrogen-bond donors (Lipinski definition) is 1. The highest BCUT2D eigenvalue weighted by atomic mass is 79.9. The van der Waals surface area contributed by atoms with E-state index in [0.29, 0.717) is 0 Å². The molecule has 0 bridgehead atoms. The van der Waals surface area contributed by atoms with E-state index in [9.17, 15) is 0 Å². The van der Waals surface area contributed by atoms with Crippen LogP contribution in [-0.2, 0) is 6.54 Å². The van der Waals surface area contributed by atoms with Crippen molar-refractivity contribution in [1.82, 2.24) is 15.1 Å². The second-order valence-corrected chi connectivity index (χ2v) is 6.81. The van der Waals surface area contributed by atoms with E-state index in [2.05, 4.69) is 81.2 Å². The first-order valence-electron chi connectivity index (χ1n) is 7.29. The highest BCUT2D eigenvalue weighted by molar-refractivity contribution is 9.10. The number of aryl methyl sites for hydroxylation is 2. The number of nitrogens with one attached hydrogen (secondary N) is 1. The van der Waals surface area contributed by atoms with E-state index in [1.54, 1.807) is 0 Å². The van der Waals surface area contributed by atoms with Crippen LogP contribution in [0.1, 0.15) is 43.1 Å². The molecule has 0 fully saturated rings. The van der Waals surface area contributed by atoms with Crippen LogP contribution >= 0.6 is 31.9 Å². The van der Waals surface area contributed by atoms with Crippen molar-refractivity contribution in [2.24, 2.45) is 0 Å². The van der Waals surface area contributed by atoms with Crippen molar-refractivity contribution in [3.63, 3.8) is 0 Å². The van der Waals surface area contributed by atoms with E-state index in [1.807, 2.05) is 10.9 Å². The fourth-order valence-corrected chi connectivity index (χ4v) is 3.44. The standard InChI is InChI=1S/C16H21Br2N3/c1-4-8-19-15(12-9-11(3)6-7-13(12)17)16-14(18)10-20-21(16)5-2/h6-7,9-10,15,19H,4-5,8H2,1-3H3. The number of benzene rings is 1. The fourth-order valence-electron chi connectivity index (χ4n) is 2.44. The molecule has 0 saturated heterocycles. The van der Waals surface area contributed by atoms with Crippen LogP contribution in [0.4, 0.5) is 0 Å². The normalized spacial score (nSPS) is 12.6. The van der Waals surface area contributed by atoms with Crippen molar-refractivity contribution in [1.29, 1.82) is 0 Å². The molecular weight excluding hydrogens is 394 g/mol. The molecule has 0 aliphatic heterocycles. The minimum Gasteiger partial charge on any atom is -0.305 e. The summed E-state index contributed by atoms with van der Waals surface area (Å²) in [6, 6.07) is 6.59. The zero-order valence-electron chi connectivity index (χ0n) is 12.7. The average Bonchev–Trinajstić information content (AvgIpc) is 2.84. The van der Waals surface area contributed by atoms with Crippen LogP contribution in [0.25, 0.3) is 0 Å². The van der Waals surface area contributed by atoms with Crippen molar-refractivity contribution in [3.05, 3.63) is 50.2 Å². The maximum absolute atomic E-state index is 4.46. The van der Waals surface area contributed by atoms with Crippen molar-refractivity contribution < 1.29 is 0 Å². The maximum atomic E-state index is 4.46. The van der Waals surface area contributed by atoms with Gasteiger partial charge in [-0.3, -0.25) is 4.68 Å². The summed E-state index contributed by atoms with van der Waals surface area (Å²) in [5.74, 6) is 0. The number of halogens is 2. The van der Waals surface area contributed by atoms with Crippen molar-refractivity contribution in [2.75, 3.05) is 6.54 Å². The van der Waals surface area contributed by atoms with E-state index in [-0.39, 0.29) is 6.04 Å². The molecule has 1 heterocycles. The summed E-state index contributed by atoms with van der Waals surface area (Å²) < 4.78 is 4.22. The average molecular weight is 415 g/mol. The predicted octanol–water partition coefficient (Wildman–Crippen LogP) is 4.83. The Balaban J connectivity index is 2.52. The van der Waals surface area contributed by atoms with Gasteiger partial charge in [-0.25, -0.2) is 0 Å². The van der Waals surface area contributed by atoms with Crippen molar-refractivity contribution >= 4 is 31.9 Å². The monoisotopic (exact) mass is 413 g/mol. The van der Waals surface area contributed by atoms with Gasteiger partial charge in [0.25, 0.3) is 0 Å². The van der Waals surface area contributed by atoms with Crippen LogP contribution in [0.2, 0.25) is 0 Å². The van der Waals surface area contributed by atoms with Gasteiger partial charge in [-0.1, -0.05) is 40.5 Å². The van der Waals surface area contributed by atoms with E-state index in [0.717, 1.165) is 28.5 Å². The predicted molar refractivity (Wildman–Crippen MR) is 94.6 cm³/mol. The third-order valence-corrected chi connectivity index (χ3v) is 4.80. The zero-order valence-corrected chi connectivity index (χ0v) is 15.8. The summed E-state index contributed by atoms with van der Waals surface area (Å²) in [6.45, 7) is 8.24. The Morgan fingerprint density at radius 3 is 2.67 bits per heavy atom. The smallest absolute Gasteiger partial charge is 0.0770 e. The maximum Gasteiger partial charge on any atom is 0.0770 e. The van der Waals surface area contributed by atoms with Gasteiger partial charge < -0.3 is 5.32 Å². The molecule has 0 saturated carbocycles. The van der Waals surface area contributed by atoms with E-state index in [4.69, 9.17) is 0 Å². The van der Waals surface area contributed by atoms with E-state index < -0.39 is 0 Å². The van der Waals surface area contributed by atoms with Crippen LogP contribution in [0, 0.1) is 6.92 Å². The Kier molecular flexibility index (Phi) is 6.02. The quantitative estimate of drug-likeness (QED) is 0.733. The first-order chi connectivity index (χ1) is 10.1. The molecule has 3 nitrogen and oxygen atoms in total. The van der Waals surface area contributed by atoms with Gasteiger partial charge in [0.1, 0.15) is 0 Å². The molecule has 0 aliphatic carbocycles. The number of rotatable bonds is 6. The van der Waals surface area contributed by atoms with Gasteiger partial charge in [0.2, 0.25) is 0 Å². The van der Waals surface area contributed by atoms with E-state index >= 15 is 0 Å². The molecule has 5 heteroatoms. The number of hydrogen-bond acceptors (Lipinski definition) is 2. The molecule has 1 unspecified atom stereocenters. The fraction of sp³-hybridized carbons (Fsp3) is 0.438. The van der Waals surface area contributed by atoms with Gasteiger partial charge in [0.05, 0.1) is 22.4 Å². The summed E-state index contributed by atoms with van der Waals surface area (Å²) in [5, 5.41) is 8.11.